The van der Waals surface area contributed by atoms with Crippen molar-refractivity contribution in [3.63, 3.8) is 0 Å². The molecule has 0 radical (unpaired) electrons. The predicted molar refractivity (Wildman–Crippen MR) is 161 cm³/mol. The zero-order valence-corrected chi connectivity index (χ0v) is 26.8. The van der Waals surface area contributed by atoms with E-state index >= 15 is 0 Å². The minimum atomic E-state index is -4.93. The van der Waals surface area contributed by atoms with Crippen molar-refractivity contribution in [1.82, 2.24) is 0 Å². The third-order valence-electron chi connectivity index (χ3n) is 7.78. The van der Waals surface area contributed by atoms with Crippen LogP contribution < -0.4 is 0 Å². The van der Waals surface area contributed by atoms with Crippen molar-refractivity contribution in [3.8, 4) is 0 Å². The van der Waals surface area contributed by atoms with Crippen LogP contribution in [0.1, 0.15) is 187 Å². The molecule has 0 saturated carbocycles. The van der Waals surface area contributed by atoms with Crippen LogP contribution in [0.4, 0.5) is 22.0 Å². The van der Waals surface area contributed by atoms with E-state index in [1.807, 2.05) is 0 Å². The first kappa shape index (κ1) is 40.6. The molecule has 0 aromatic heterocycles. The number of hydrogen-bond acceptors (Lipinski definition) is 3. The molecule has 0 aliphatic rings. The Morgan fingerprint density at radius 2 is 0.732 bits per heavy atom. The first-order chi connectivity index (χ1) is 19.5. The molecule has 0 atom stereocenters. The summed E-state index contributed by atoms with van der Waals surface area (Å²) in [4.78, 5) is 0. The maximum Gasteiger partial charge on any atom is 0.389 e. The molecular formula is C32H61F5O3S. The molecule has 248 valence electrons. The van der Waals surface area contributed by atoms with Gasteiger partial charge in [-0.2, -0.15) is 30.4 Å². The van der Waals surface area contributed by atoms with Gasteiger partial charge in [-0.3, -0.25) is 4.18 Å². The van der Waals surface area contributed by atoms with Crippen LogP contribution in [0, 0.1) is 0 Å². The van der Waals surface area contributed by atoms with E-state index in [1.54, 1.807) is 0 Å². The second kappa shape index (κ2) is 26.0. The molecule has 41 heavy (non-hydrogen) atoms. The number of hydrogen-bond donors (Lipinski definition) is 0. The monoisotopic (exact) mass is 620 g/mol. The molecule has 0 fully saturated rings. The molecular weight excluding hydrogens is 559 g/mol. The van der Waals surface area contributed by atoms with Crippen LogP contribution >= 0.6 is 0 Å². The van der Waals surface area contributed by atoms with Crippen molar-refractivity contribution in [3.05, 3.63) is 0 Å². The van der Waals surface area contributed by atoms with Gasteiger partial charge in [0.25, 0.3) is 0 Å². The average Bonchev–Trinajstić information content (AvgIpc) is 2.90. The van der Waals surface area contributed by atoms with Crippen LogP contribution in [0.2, 0.25) is 0 Å². The molecule has 0 spiro atoms. The third-order valence-corrected chi connectivity index (χ3v) is 9.19. The van der Waals surface area contributed by atoms with Gasteiger partial charge >= 0.3 is 21.5 Å². The van der Waals surface area contributed by atoms with Crippen molar-refractivity contribution in [2.75, 3.05) is 6.61 Å². The van der Waals surface area contributed by atoms with Gasteiger partial charge in [-0.15, -0.1) is 0 Å². The smallest absolute Gasteiger partial charge is 0.266 e. The fourth-order valence-electron chi connectivity index (χ4n) is 5.10. The molecule has 0 amide bonds. The summed E-state index contributed by atoms with van der Waals surface area (Å²) in [5.41, 5.74) is 0. The number of unbranched alkanes of at least 4 members (excludes halogenated alkanes) is 24. The van der Waals surface area contributed by atoms with Gasteiger partial charge in [0, 0.05) is 12.8 Å². The zero-order chi connectivity index (χ0) is 30.7. The van der Waals surface area contributed by atoms with E-state index in [4.69, 9.17) is 0 Å². The molecule has 0 saturated heterocycles. The maximum atomic E-state index is 14.1. The first-order valence-electron chi connectivity index (χ1n) is 16.9. The molecule has 0 rings (SSSR count). The average molecular weight is 621 g/mol. The summed E-state index contributed by atoms with van der Waals surface area (Å²) in [7, 11) is -4.93. The standard InChI is InChI=1S/C32H61F5O3S/c1-2-3-4-5-6-7-8-9-10-11-12-13-14-15-18-21-24-27-30-40-41(38,39)32(36,37)29-26-23-20-17-16-19-22-25-28-31(33,34)35/h2-30H2,1H3. The summed E-state index contributed by atoms with van der Waals surface area (Å²) in [5.74, 6) is 0. The zero-order valence-electron chi connectivity index (χ0n) is 26.0. The Balaban J connectivity index is 3.56. The van der Waals surface area contributed by atoms with Gasteiger partial charge in [-0.05, 0) is 19.3 Å². The Labute approximate surface area is 249 Å². The minimum absolute atomic E-state index is 0.0723. The second-order valence-corrected chi connectivity index (χ2v) is 13.6. The lowest BCUT2D eigenvalue weighted by atomic mass is 10.0. The van der Waals surface area contributed by atoms with E-state index in [0.29, 0.717) is 32.1 Å². The highest BCUT2D eigenvalue weighted by atomic mass is 32.2. The van der Waals surface area contributed by atoms with E-state index in [1.165, 1.54) is 83.5 Å². The van der Waals surface area contributed by atoms with E-state index in [0.717, 1.165) is 38.5 Å². The van der Waals surface area contributed by atoms with Crippen molar-refractivity contribution in [2.24, 2.45) is 0 Å². The molecule has 0 aliphatic carbocycles. The van der Waals surface area contributed by atoms with Gasteiger partial charge < -0.3 is 0 Å². The van der Waals surface area contributed by atoms with Crippen molar-refractivity contribution in [1.29, 1.82) is 0 Å². The Kier molecular flexibility index (Phi) is 25.7. The first-order valence-corrected chi connectivity index (χ1v) is 18.3. The van der Waals surface area contributed by atoms with Crippen LogP contribution in [0.5, 0.6) is 0 Å². The van der Waals surface area contributed by atoms with E-state index in [9.17, 15) is 30.4 Å². The van der Waals surface area contributed by atoms with Crippen LogP contribution in [0.3, 0.4) is 0 Å². The summed E-state index contributed by atoms with van der Waals surface area (Å²) in [6, 6.07) is 0. The van der Waals surface area contributed by atoms with Gasteiger partial charge in [0.1, 0.15) is 0 Å². The Morgan fingerprint density at radius 3 is 1.07 bits per heavy atom. The van der Waals surface area contributed by atoms with Gasteiger partial charge in [0.15, 0.2) is 0 Å². The highest BCUT2D eigenvalue weighted by molar-refractivity contribution is 7.87. The molecule has 9 heteroatoms. The largest absolute Gasteiger partial charge is 0.389 e. The second-order valence-electron chi connectivity index (χ2n) is 11.9. The predicted octanol–water partition coefficient (Wildman–Crippen LogP) is 12.4. The van der Waals surface area contributed by atoms with Crippen molar-refractivity contribution >= 4 is 10.1 Å². The molecule has 3 nitrogen and oxygen atoms in total. The van der Waals surface area contributed by atoms with Crippen molar-refractivity contribution < 1.29 is 34.6 Å². The lowest BCUT2D eigenvalue weighted by Crippen LogP contribution is -2.31. The molecule has 0 bridgehead atoms. The molecule has 0 aliphatic heterocycles. The number of halogens is 5. The Bertz CT molecular complexity index is 669. The maximum absolute atomic E-state index is 14.1. The molecule has 0 unspecified atom stereocenters. The molecule has 0 aromatic carbocycles. The quantitative estimate of drug-likeness (QED) is 0.0440. The highest BCUT2D eigenvalue weighted by Gasteiger charge is 2.45. The summed E-state index contributed by atoms with van der Waals surface area (Å²) in [5, 5.41) is -3.89. The van der Waals surface area contributed by atoms with Crippen LogP contribution in [-0.4, -0.2) is 26.5 Å². The van der Waals surface area contributed by atoms with Crippen LogP contribution in [-0.2, 0) is 14.3 Å². The Hall–Kier alpha value is -0.440. The highest BCUT2D eigenvalue weighted by Crippen LogP contribution is 2.30. The van der Waals surface area contributed by atoms with Gasteiger partial charge in [-0.1, -0.05) is 155 Å². The minimum Gasteiger partial charge on any atom is -0.266 e. The van der Waals surface area contributed by atoms with Crippen molar-refractivity contribution in [2.45, 2.75) is 198 Å². The SMILES string of the molecule is CCCCCCCCCCCCCCCCCCCCOS(=O)(=O)C(F)(F)CCCCCCCCCCC(F)(F)F. The van der Waals surface area contributed by atoms with Gasteiger partial charge in [-0.25, -0.2) is 0 Å². The van der Waals surface area contributed by atoms with Gasteiger partial charge in [0.05, 0.1) is 6.61 Å². The summed E-state index contributed by atoms with van der Waals surface area (Å²) >= 11 is 0. The molecule has 0 N–H and O–H groups in total. The van der Waals surface area contributed by atoms with E-state index in [2.05, 4.69) is 11.1 Å². The molecule has 0 heterocycles. The number of alkyl halides is 5. The number of rotatable bonds is 31. The topological polar surface area (TPSA) is 43.4 Å². The lowest BCUT2D eigenvalue weighted by Gasteiger charge is -2.16. The summed E-state index contributed by atoms with van der Waals surface area (Å²) in [6.45, 7) is 2.05. The van der Waals surface area contributed by atoms with Crippen LogP contribution in [0.15, 0.2) is 0 Å². The fourth-order valence-corrected chi connectivity index (χ4v) is 6.00. The summed E-state index contributed by atoms with van der Waals surface area (Å²) < 4.78 is 93.0. The normalized spacial score (nSPS) is 12.8. The fraction of sp³-hybridized carbons (Fsp3) is 1.00. The Morgan fingerprint density at radius 1 is 0.439 bits per heavy atom. The van der Waals surface area contributed by atoms with Gasteiger partial charge in [0.2, 0.25) is 0 Å². The lowest BCUT2D eigenvalue weighted by molar-refractivity contribution is -0.135. The van der Waals surface area contributed by atoms with E-state index < -0.39 is 34.4 Å². The molecule has 0 aromatic rings. The summed E-state index contributed by atoms with van der Waals surface area (Å²) in [6.07, 6.45) is 20.2. The third kappa shape index (κ3) is 26.9. The van der Waals surface area contributed by atoms with E-state index in [-0.39, 0.29) is 19.4 Å². The van der Waals surface area contributed by atoms with Crippen LogP contribution in [0.25, 0.3) is 0 Å².